The fourth-order valence-corrected chi connectivity index (χ4v) is 3.76. The van der Waals surface area contributed by atoms with E-state index in [2.05, 4.69) is 5.32 Å². The number of hydrogen-bond acceptors (Lipinski definition) is 2. The van der Waals surface area contributed by atoms with Gasteiger partial charge in [0.05, 0.1) is 6.54 Å². The standard InChI is InChI=1S/C23H15F5N2O2/c24-16-15(17(25)19(27)20(28)18(16)26)12-30-21(31)23(29-22(30)32,14-9-5-2-6-10-14)11-13-7-3-1-4-8-13/h1-10H,11-12H2,(H,29,32)/t23-/m1/s1. The normalized spacial score (nSPS) is 18.2. The largest absolute Gasteiger partial charge is 0.325 e. The number of imide groups is 1. The number of benzene rings is 3. The van der Waals surface area contributed by atoms with Crippen molar-refractivity contribution in [2.24, 2.45) is 0 Å². The average Bonchev–Trinajstić information content (AvgIpc) is 3.05. The van der Waals surface area contributed by atoms with E-state index in [1.807, 2.05) is 0 Å². The monoisotopic (exact) mass is 446 g/mol. The lowest BCUT2D eigenvalue weighted by molar-refractivity contribution is -0.132. The molecule has 1 atom stereocenters. The van der Waals surface area contributed by atoms with Crippen LogP contribution in [0.2, 0.25) is 0 Å². The second-order valence-corrected chi connectivity index (χ2v) is 7.30. The molecule has 1 fully saturated rings. The van der Waals surface area contributed by atoms with E-state index in [0.717, 1.165) is 0 Å². The second kappa shape index (κ2) is 8.07. The van der Waals surface area contributed by atoms with Gasteiger partial charge >= 0.3 is 6.03 Å². The first kappa shape index (κ1) is 21.5. The minimum absolute atomic E-state index is 0.00995. The van der Waals surface area contributed by atoms with E-state index in [1.54, 1.807) is 60.7 Å². The highest BCUT2D eigenvalue weighted by atomic mass is 19.2. The Balaban J connectivity index is 1.78. The molecular weight excluding hydrogens is 431 g/mol. The van der Waals surface area contributed by atoms with Gasteiger partial charge in [-0.25, -0.2) is 26.7 Å². The van der Waals surface area contributed by atoms with E-state index in [0.29, 0.717) is 16.0 Å². The molecule has 0 radical (unpaired) electrons. The number of hydrogen-bond donors (Lipinski definition) is 1. The van der Waals surface area contributed by atoms with Crippen LogP contribution in [-0.2, 0) is 23.3 Å². The van der Waals surface area contributed by atoms with Crippen molar-refractivity contribution in [2.45, 2.75) is 18.5 Å². The fraction of sp³-hybridized carbons (Fsp3) is 0.130. The Morgan fingerprint density at radius 3 is 1.78 bits per heavy atom. The molecule has 0 aliphatic carbocycles. The highest BCUT2D eigenvalue weighted by Crippen LogP contribution is 2.35. The van der Waals surface area contributed by atoms with Gasteiger partial charge in [-0.2, -0.15) is 0 Å². The Labute approximate surface area is 179 Å². The number of urea groups is 1. The average molecular weight is 446 g/mol. The van der Waals surface area contributed by atoms with Crippen molar-refractivity contribution < 1.29 is 31.5 Å². The number of nitrogens with zero attached hydrogens (tertiary/aromatic N) is 1. The lowest BCUT2D eigenvalue weighted by Gasteiger charge is -2.27. The van der Waals surface area contributed by atoms with Gasteiger partial charge in [0.15, 0.2) is 28.8 Å². The van der Waals surface area contributed by atoms with Gasteiger partial charge in [0, 0.05) is 12.0 Å². The minimum Gasteiger partial charge on any atom is -0.319 e. The van der Waals surface area contributed by atoms with Crippen molar-refractivity contribution in [3.63, 3.8) is 0 Å². The Kier molecular flexibility index (Phi) is 5.41. The van der Waals surface area contributed by atoms with Gasteiger partial charge < -0.3 is 5.32 Å². The maximum atomic E-state index is 14.2. The summed E-state index contributed by atoms with van der Waals surface area (Å²) in [6, 6.07) is 15.9. The van der Waals surface area contributed by atoms with Gasteiger partial charge in [0.25, 0.3) is 5.91 Å². The molecule has 3 amide bonds. The lowest BCUT2D eigenvalue weighted by atomic mass is 9.83. The minimum atomic E-state index is -2.32. The number of halogens is 5. The van der Waals surface area contributed by atoms with Crippen molar-refractivity contribution in [3.8, 4) is 0 Å². The van der Waals surface area contributed by atoms with E-state index in [9.17, 15) is 31.5 Å². The summed E-state index contributed by atoms with van der Waals surface area (Å²) in [6.07, 6.45) is 0.00995. The molecule has 3 aromatic rings. The molecule has 4 rings (SSSR count). The van der Waals surface area contributed by atoms with E-state index in [4.69, 9.17) is 0 Å². The molecule has 0 spiro atoms. The molecule has 1 heterocycles. The van der Waals surface area contributed by atoms with Crippen molar-refractivity contribution in [1.82, 2.24) is 10.2 Å². The molecule has 9 heteroatoms. The summed E-state index contributed by atoms with van der Waals surface area (Å²) in [6.45, 7) is -1.13. The molecule has 0 bridgehead atoms. The highest BCUT2D eigenvalue weighted by molar-refractivity contribution is 6.07. The molecule has 4 nitrogen and oxygen atoms in total. The Morgan fingerprint density at radius 1 is 0.719 bits per heavy atom. The molecule has 0 aromatic heterocycles. The van der Waals surface area contributed by atoms with Gasteiger partial charge in [0.2, 0.25) is 5.82 Å². The van der Waals surface area contributed by atoms with E-state index < -0.39 is 58.7 Å². The Bertz CT molecular complexity index is 1180. The number of carbonyl (C=O) groups is 2. The topological polar surface area (TPSA) is 49.4 Å². The first-order valence-corrected chi connectivity index (χ1v) is 9.50. The quantitative estimate of drug-likeness (QED) is 0.270. The maximum Gasteiger partial charge on any atom is 0.325 e. The molecule has 1 aliphatic heterocycles. The van der Waals surface area contributed by atoms with Crippen LogP contribution in [-0.4, -0.2) is 16.8 Å². The third kappa shape index (κ3) is 3.39. The van der Waals surface area contributed by atoms with Crippen LogP contribution in [0.1, 0.15) is 16.7 Å². The predicted octanol–water partition coefficient (Wildman–Crippen LogP) is 4.57. The Hall–Kier alpha value is -3.75. The van der Waals surface area contributed by atoms with Crippen LogP contribution in [0, 0.1) is 29.1 Å². The molecule has 0 unspecified atom stereocenters. The van der Waals surface area contributed by atoms with Crippen LogP contribution < -0.4 is 5.32 Å². The zero-order chi connectivity index (χ0) is 23.0. The zero-order valence-electron chi connectivity index (χ0n) is 16.3. The number of rotatable bonds is 5. The summed E-state index contributed by atoms with van der Waals surface area (Å²) in [5.41, 5.74) is -1.80. The summed E-state index contributed by atoms with van der Waals surface area (Å²) in [5.74, 6) is -11.7. The second-order valence-electron chi connectivity index (χ2n) is 7.30. The summed E-state index contributed by atoms with van der Waals surface area (Å²) >= 11 is 0. The molecule has 1 saturated heterocycles. The van der Waals surface area contributed by atoms with Gasteiger partial charge in [-0.1, -0.05) is 60.7 Å². The van der Waals surface area contributed by atoms with E-state index in [-0.39, 0.29) is 6.42 Å². The van der Waals surface area contributed by atoms with Crippen molar-refractivity contribution in [1.29, 1.82) is 0 Å². The van der Waals surface area contributed by atoms with Crippen LogP contribution in [0.25, 0.3) is 0 Å². The van der Waals surface area contributed by atoms with Gasteiger partial charge in [-0.05, 0) is 11.1 Å². The zero-order valence-corrected chi connectivity index (χ0v) is 16.3. The van der Waals surface area contributed by atoms with Crippen LogP contribution in [0.3, 0.4) is 0 Å². The third-order valence-corrected chi connectivity index (χ3v) is 5.37. The molecule has 1 aliphatic rings. The summed E-state index contributed by atoms with van der Waals surface area (Å²) in [7, 11) is 0. The smallest absolute Gasteiger partial charge is 0.319 e. The molecule has 1 N–H and O–H groups in total. The lowest BCUT2D eigenvalue weighted by Crippen LogP contribution is -2.46. The van der Waals surface area contributed by atoms with Crippen LogP contribution >= 0.6 is 0 Å². The Morgan fingerprint density at radius 2 is 1.22 bits per heavy atom. The fourth-order valence-electron chi connectivity index (χ4n) is 3.76. The molecule has 3 aromatic carbocycles. The number of carbonyl (C=O) groups excluding carboxylic acids is 2. The summed E-state index contributed by atoms with van der Waals surface area (Å²) in [4.78, 5) is 26.6. The summed E-state index contributed by atoms with van der Waals surface area (Å²) < 4.78 is 68.9. The van der Waals surface area contributed by atoms with Gasteiger partial charge in [-0.3, -0.25) is 9.69 Å². The van der Waals surface area contributed by atoms with Gasteiger partial charge in [-0.15, -0.1) is 0 Å². The van der Waals surface area contributed by atoms with Gasteiger partial charge in [0.1, 0.15) is 0 Å². The molecule has 0 saturated carbocycles. The van der Waals surface area contributed by atoms with Crippen LogP contribution in [0.5, 0.6) is 0 Å². The van der Waals surface area contributed by atoms with Crippen molar-refractivity contribution in [3.05, 3.63) is 106 Å². The summed E-state index contributed by atoms with van der Waals surface area (Å²) in [5, 5.41) is 2.56. The van der Waals surface area contributed by atoms with E-state index >= 15 is 0 Å². The predicted molar refractivity (Wildman–Crippen MR) is 104 cm³/mol. The first-order valence-electron chi connectivity index (χ1n) is 9.50. The van der Waals surface area contributed by atoms with Crippen molar-refractivity contribution >= 4 is 11.9 Å². The number of nitrogens with one attached hydrogen (secondary N) is 1. The molecule has 32 heavy (non-hydrogen) atoms. The SMILES string of the molecule is O=C1N[C@](Cc2ccccc2)(c2ccccc2)C(=O)N1Cc1c(F)c(F)c(F)c(F)c1F. The molecule has 164 valence electrons. The van der Waals surface area contributed by atoms with E-state index in [1.165, 1.54) is 0 Å². The molecular formula is C23H15F5N2O2. The number of amides is 3. The van der Waals surface area contributed by atoms with Crippen molar-refractivity contribution in [2.75, 3.05) is 0 Å². The maximum absolute atomic E-state index is 14.2. The third-order valence-electron chi connectivity index (χ3n) is 5.37. The van der Waals surface area contributed by atoms with Crippen LogP contribution in [0.15, 0.2) is 60.7 Å². The highest BCUT2D eigenvalue weighted by Gasteiger charge is 2.52. The first-order chi connectivity index (χ1) is 15.3. The van der Waals surface area contributed by atoms with Crippen LogP contribution in [0.4, 0.5) is 26.7 Å².